The Balaban J connectivity index is 1.73. The molecule has 7 heteroatoms. The van der Waals surface area contributed by atoms with Gasteiger partial charge in [-0.2, -0.15) is 0 Å². The molecule has 0 spiro atoms. The summed E-state index contributed by atoms with van der Waals surface area (Å²) in [6, 6.07) is 5.62. The highest BCUT2D eigenvalue weighted by atomic mass is 16.1. The van der Waals surface area contributed by atoms with Crippen LogP contribution in [0.15, 0.2) is 36.8 Å². The highest BCUT2D eigenvalue weighted by Gasteiger charge is 2.10. The Kier molecular flexibility index (Phi) is 3.08. The first-order valence-electron chi connectivity index (χ1n) is 6.09. The lowest BCUT2D eigenvalue weighted by molar-refractivity contribution is 0.0944. The fraction of sp³-hybridized carbons (Fsp3) is 0.154. The normalized spacial score (nSPS) is 10.7. The van der Waals surface area contributed by atoms with E-state index in [1.54, 1.807) is 6.20 Å². The van der Waals surface area contributed by atoms with E-state index in [4.69, 9.17) is 0 Å². The van der Waals surface area contributed by atoms with E-state index < -0.39 is 0 Å². The number of nitrogens with zero attached hydrogens (tertiary/aromatic N) is 5. The van der Waals surface area contributed by atoms with Crippen LogP contribution in [0.25, 0.3) is 5.65 Å². The van der Waals surface area contributed by atoms with E-state index in [2.05, 4.69) is 25.5 Å². The first-order valence-corrected chi connectivity index (χ1v) is 6.09. The molecule has 0 saturated carbocycles. The molecular weight excluding hydrogens is 256 g/mol. The predicted octanol–water partition coefficient (Wildman–Crippen LogP) is 0.758. The molecule has 0 aliphatic carbocycles. The van der Waals surface area contributed by atoms with Gasteiger partial charge in [-0.25, -0.2) is 4.98 Å². The lowest BCUT2D eigenvalue weighted by Crippen LogP contribution is -2.25. The van der Waals surface area contributed by atoms with Gasteiger partial charge >= 0.3 is 0 Å². The number of hydrogen-bond acceptors (Lipinski definition) is 5. The minimum Gasteiger partial charge on any atom is -0.343 e. The smallest absolute Gasteiger partial charge is 0.271 e. The maximum atomic E-state index is 11.9. The maximum Gasteiger partial charge on any atom is 0.271 e. The van der Waals surface area contributed by atoms with Crippen molar-refractivity contribution in [2.75, 3.05) is 0 Å². The number of carbonyl (C=O) groups excluding carboxylic acids is 1. The van der Waals surface area contributed by atoms with Crippen molar-refractivity contribution >= 4 is 11.6 Å². The standard InChI is InChI=1S/C13H12N6O/c1-9-6-15-10(7-14-9)13(20)16-8-12-18-17-11-4-2-3-5-19(11)12/h2-7H,8H2,1H3,(H,16,20). The topological polar surface area (TPSA) is 85.1 Å². The Hall–Kier alpha value is -2.83. The molecule has 1 amide bonds. The summed E-state index contributed by atoms with van der Waals surface area (Å²) >= 11 is 0. The molecule has 0 radical (unpaired) electrons. The van der Waals surface area contributed by atoms with Crippen LogP contribution in [0.1, 0.15) is 22.0 Å². The Morgan fingerprint density at radius 1 is 1.25 bits per heavy atom. The van der Waals surface area contributed by atoms with E-state index in [-0.39, 0.29) is 18.1 Å². The van der Waals surface area contributed by atoms with Gasteiger partial charge in [0.1, 0.15) is 5.69 Å². The van der Waals surface area contributed by atoms with Crippen molar-refractivity contribution in [3.63, 3.8) is 0 Å². The summed E-state index contributed by atoms with van der Waals surface area (Å²) in [4.78, 5) is 20.0. The highest BCUT2D eigenvalue weighted by Crippen LogP contribution is 2.02. The number of amides is 1. The molecule has 100 valence electrons. The summed E-state index contributed by atoms with van der Waals surface area (Å²) in [6.07, 6.45) is 4.86. The van der Waals surface area contributed by atoms with Crippen molar-refractivity contribution in [3.05, 3.63) is 54.0 Å². The van der Waals surface area contributed by atoms with Gasteiger partial charge in [0, 0.05) is 12.4 Å². The van der Waals surface area contributed by atoms with Gasteiger partial charge in [-0.15, -0.1) is 10.2 Å². The molecule has 3 heterocycles. The third-order valence-electron chi connectivity index (χ3n) is 2.80. The molecule has 20 heavy (non-hydrogen) atoms. The third kappa shape index (κ3) is 2.33. The van der Waals surface area contributed by atoms with E-state index in [1.807, 2.05) is 35.7 Å². The minimum atomic E-state index is -0.287. The van der Waals surface area contributed by atoms with E-state index >= 15 is 0 Å². The SMILES string of the molecule is Cc1cnc(C(=O)NCc2nnc3ccccn23)cn1. The lowest BCUT2D eigenvalue weighted by Gasteiger charge is -2.03. The molecule has 3 aromatic heterocycles. The van der Waals surface area contributed by atoms with Crippen LogP contribution in [0.4, 0.5) is 0 Å². The van der Waals surface area contributed by atoms with Crippen molar-refractivity contribution in [1.82, 2.24) is 29.9 Å². The average molecular weight is 268 g/mol. The fourth-order valence-corrected chi connectivity index (χ4v) is 1.77. The number of carbonyl (C=O) groups is 1. The van der Waals surface area contributed by atoms with Crippen LogP contribution in [-0.2, 0) is 6.54 Å². The molecule has 0 fully saturated rings. The number of fused-ring (bicyclic) bond motifs is 1. The summed E-state index contributed by atoms with van der Waals surface area (Å²) in [7, 11) is 0. The molecule has 0 aliphatic rings. The molecule has 1 N–H and O–H groups in total. The van der Waals surface area contributed by atoms with Crippen LogP contribution in [0.3, 0.4) is 0 Å². The first kappa shape index (κ1) is 12.2. The minimum absolute atomic E-state index is 0.277. The van der Waals surface area contributed by atoms with E-state index in [1.165, 1.54) is 6.20 Å². The Bertz CT molecular complexity index is 749. The molecule has 0 aromatic carbocycles. The van der Waals surface area contributed by atoms with Gasteiger partial charge in [0.05, 0.1) is 18.4 Å². The largest absolute Gasteiger partial charge is 0.343 e. The summed E-state index contributed by atoms with van der Waals surface area (Å²) in [5.41, 5.74) is 1.79. The zero-order valence-electron chi connectivity index (χ0n) is 10.8. The summed E-state index contributed by atoms with van der Waals surface area (Å²) in [5, 5.41) is 10.8. The predicted molar refractivity (Wildman–Crippen MR) is 70.9 cm³/mol. The fourth-order valence-electron chi connectivity index (χ4n) is 1.77. The second kappa shape index (κ2) is 5.04. The van der Waals surface area contributed by atoms with Gasteiger partial charge < -0.3 is 5.32 Å². The number of aromatic nitrogens is 5. The molecule has 7 nitrogen and oxygen atoms in total. The molecular formula is C13H12N6O. The molecule has 0 unspecified atom stereocenters. The number of rotatable bonds is 3. The lowest BCUT2D eigenvalue weighted by atomic mass is 10.4. The molecule has 0 aliphatic heterocycles. The number of hydrogen-bond donors (Lipinski definition) is 1. The van der Waals surface area contributed by atoms with Gasteiger partial charge in [-0.1, -0.05) is 6.07 Å². The van der Waals surface area contributed by atoms with Crippen LogP contribution in [0.5, 0.6) is 0 Å². The van der Waals surface area contributed by atoms with Crippen LogP contribution in [0.2, 0.25) is 0 Å². The van der Waals surface area contributed by atoms with E-state index in [0.717, 1.165) is 11.3 Å². The number of aryl methyl sites for hydroxylation is 1. The second-order valence-corrected chi connectivity index (χ2v) is 4.27. The molecule has 0 atom stereocenters. The molecule has 0 saturated heterocycles. The third-order valence-corrected chi connectivity index (χ3v) is 2.80. The van der Waals surface area contributed by atoms with E-state index in [9.17, 15) is 4.79 Å². The first-order chi connectivity index (χ1) is 9.74. The quantitative estimate of drug-likeness (QED) is 0.758. The molecule has 3 aromatic rings. The second-order valence-electron chi connectivity index (χ2n) is 4.27. The van der Waals surface area contributed by atoms with Crippen molar-refractivity contribution < 1.29 is 4.79 Å². The maximum absolute atomic E-state index is 11.9. The van der Waals surface area contributed by atoms with Crippen LogP contribution < -0.4 is 5.32 Å². The van der Waals surface area contributed by atoms with Crippen molar-refractivity contribution in [3.8, 4) is 0 Å². The number of nitrogens with one attached hydrogen (secondary N) is 1. The van der Waals surface area contributed by atoms with Gasteiger partial charge in [0.25, 0.3) is 5.91 Å². The van der Waals surface area contributed by atoms with Crippen molar-refractivity contribution in [2.24, 2.45) is 0 Å². The summed E-state index contributed by atoms with van der Waals surface area (Å²) < 4.78 is 1.82. The Labute approximate surface area is 114 Å². The molecule has 3 rings (SSSR count). The van der Waals surface area contributed by atoms with Gasteiger partial charge in [-0.05, 0) is 19.1 Å². The van der Waals surface area contributed by atoms with E-state index in [0.29, 0.717) is 5.82 Å². The molecule has 0 bridgehead atoms. The zero-order valence-corrected chi connectivity index (χ0v) is 10.8. The van der Waals surface area contributed by atoms with Gasteiger partial charge in [0.2, 0.25) is 0 Å². The summed E-state index contributed by atoms with van der Waals surface area (Å²) in [6.45, 7) is 2.09. The van der Waals surface area contributed by atoms with Crippen LogP contribution in [0, 0.1) is 6.92 Å². The Morgan fingerprint density at radius 2 is 2.15 bits per heavy atom. The van der Waals surface area contributed by atoms with Crippen molar-refractivity contribution in [2.45, 2.75) is 13.5 Å². The zero-order chi connectivity index (χ0) is 13.9. The van der Waals surface area contributed by atoms with Gasteiger partial charge in [0.15, 0.2) is 11.5 Å². The van der Waals surface area contributed by atoms with Crippen molar-refractivity contribution in [1.29, 1.82) is 0 Å². The monoisotopic (exact) mass is 268 g/mol. The van der Waals surface area contributed by atoms with Crippen LogP contribution in [-0.4, -0.2) is 30.5 Å². The van der Waals surface area contributed by atoms with Gasteiger partial charge in [-0.3, -0.25) is 14.2 Å². The number of pyridine rings is 1. The highest BCUT2D eigenvalue weighted by molar-refractivity contribution is 5.91. The van der Waals surface area contributed by atoms with Crippen LogP contribution >= 0.6 is 0 Å². The summed E-state index contributed by atoms with van der Waals surface area (Å²) in [5.74, 6) is 0.374. The Morgan fingerprint density at radius 3 is 2.95 bits per heavy atom. The average Bonchev–Trinajstić information content (AvgIpc) is 2.89.